The maximum atomic E-state index is 10.7. The number of methoxy groups -OCH3 is 1. The Morgan fingerprint density at radius 2 is 2.41 bits per heavy atom. The van der Waals surface area contributed by atoms with Crippen molar-refractivity contribution in [2.24, 2.45) is 0 Å². The van der Waals surface area contributed by atoms with Gasteiger partial charge in [-0.1, -0.05) is 0 Å². The number of hydrogen-bond acceptors (Lipinski definition) is 5. The molecule has 1 aromatic heterocycles. The lowest BCUT2D eigenvalue weighted by atomic mass is 10.2. The van der Waals surface area contributed by atoms with Crippen LogP contribution in [-0.2, 0) is 4.74 Å². The van der Waals surface area contributed by atoms with Gasteiger partial charge in [0.15, 0.2) is 5.69 Å². The van der Waals surface area contributed by atoms with E-state index < -0.39 is 5.97 Å². The number of rotatable bonds is 6. The fourth-order valence-corrected chi connectivity index (χ4v) is 1.23. The quantitative estimate of drug-likeness (QED) is 0.717. The minimum atomic E-state index is -1.12. The van der Waals surface area contributed by atoms with E-state index in [1.165, 1.54) is 12.1 Å². The molecular formula is C11H13N3O3. The number of carboxylic acids is 1. The first kappa shape index (κ1) is 12.9. The Morgan fingerprint density at radius 1 is 1.65 bits per heavy atom. The Hall–Kier alpha value is -2.13. The molecule has 0 amide bonds. The van der Waals surface area contributed by atoms with E-state index in [1.807, 2.05) is 6.07 Å². The number of nitrogens with one attached hydrogen (secondary N) is 1. The molecule has 0 unspecified atom stereocenters. The highest BCUT2D eigenvalue weighted by Gasteiger charge is 2.09. The third-order valence-electron chi connectivity index (χ3n) is 2.05. The molecule has 0 fully saturated rings. The topological polar surface area (TPSA) is 95.2 Å². The van der Waals surface area contributed by atoms with Gasteiger partial charge in [0.05, 0.1) is 5.56 Å². The minimum absolute atomic E-state index is 0.0850. The first-order valence-electron chi connectivity index (χ1n) is 5.06. The molecule has 0 radical (unpaired) electrons. The summed E-state index contributed by atoms with van der Waals surface area (Å²) in [7, 11) is 1.60. The number of anilines is 1. The molecule has 1 aromatic rings. The van der Waals surface area contributed by atoms with Crippen molar-refractivity contribution in [3.63, 3.8) is 0 Å². The molecule has 0 saturated carbocycles. The van der Waals surface area contributed by atoms with E-state index in [9.17, 15) is 4.79 Å². The van der Waals surface area contributed by atoms with Crippen LogP contribution in [0, 0.1) is 11.3 Å². The van der Waals surface area contributed by atoms with E-state index in [-0.39, 0.29) is 5.69 Å². The van der Waals surface area contributed by atoms with Crippen molar-refractivity contribution in [3.8, 4) is 6.07 Å². The van der Waals surface area contributed by atoms with Crippen LogP contribution < -0.4 is 5.32 Å². The summed E-state index contributed by atoms with van der Waals surface area (Å²) in [5.41, 5.74) is 0.241. The molecule has 6 heteroatoms. The van der Waals surface area contributed by atoms with Crippen molar-refractivity contribution in [2.75, 3.05) is 25.6 Å². The molecular weight excluding hydrogens is 222 g/mol. The number of hydrogen-bond donors (Lipinski definition) is 2. The normalized spacial score (nSPS) is 9.65. The Kier molecular flexibility index (Phi) is 4.91. The molecule has 17 heavy (non-hydrogen) atoms. The molecule has 90 valence electrons. The molecule has 0 spiro atoms. The first-order valence-corrected chi connectivity index (χ1v) is 5.06. The summed E-state index contributed by atoms with van der Waals surface area (Å²) in [5.74, 6) is -0.821. The number of carbonyl (C=O) groups is 1. The third-order valence-corrected chi connectivity index (χ3v) is 2.05. The summed E-state index contributed by atoms with van der Waals surface area (Å²) in [6.07, 6.45) is 0.750. The van der Waals surface area contributed by atoms with E-state index >= 15 is 0 Å². The average molecular weight is 235 g/mol. The molecule has 2 N–H and O–H groups in total. The van der Waals surface area contributed by atoms with Gasteiger partial charge in [-0.05, 0) is 18.6 Å². The molecule has 0 aromatic carbocycles. The summed E-state index contributed by atoms with van der Waals surface area (Å²) in [6.45, 7) is 1.16. The zero-order chi connectivity index (χ0) is 12.7. The van der Waals surface area contributed by atoms with Crippen molar-refractivity contribution < 1.29 is 14.6 Å². The van der Waals surface area contributed by atoms with E-state index in [4.69, 9.17) is 15.1 Å². The van der Waals surface area contributed by atoms with Crippen molar-refractivity contribution in [1.29, 1.82) is 5.26 Å². The standard InChI is InChI=1S/C11H13N3O3/c1-17-6-2-5-13-10-8(7-12)3-4-9(14-10)11(15)16/h3-4H,2,5-6H2,1H3,(H,13,14)(H,15,16). The lowest BCUT2D eigenvalue weighted by Gasteiger charge is -2.07. The predicted octanol–water partition coefficient (Wildman–Crippen LogP) is 1.10. The monoisotopic (exact) mass is 235 g/mol. The van der Waals surface area contributed by atoms with Crippen LogP contribution in [0.5, 0.6) is 0 Å². The van der Waals surface area contributed by atoms with Crippen LogP contribution in [0.3, 0.4) is 0 Å². The van der Waals surface area contributed by atoms with E-state index in [0.29, 0.717) is 24.5 Å². The number of nitrogens with zero attached hydrogens (tertiary/aromatic N) is 2. The van der Waals surface area contributed by atoms with Gasteiger partial charge in [0.2, 0.25) is 0 Å². The molecule has 1 heterocycles. The zero-order valence-corrected chi connectivity index (χ0v) is 9.43. The van der Waals surface area contributed by atoms with Gasteiger partial charge < -0.3 is 15.2 Å². The molecule has 6 nitrogen and oxygen atoms in total. The van der Waals surface area contributed by atoms with Crippen LogP contribution in [0.2, 0.25) is 0 Å². The number of pyridine rings is 1. The lowest BCUT2D eigenvalue weighted by molar-refractivity contribution is 0.0690. The number of aromatic carboxylic acids is 1. The number of nitriles is 1. The minimum Gasteiger partial charge on any atom is -0.477 e. The van der Waals surface area contributed by atoms with Gasteiger partial charge >= 0.3 is 5.97 Å². The second-order valence-corrected chi connectivity index (χ2v) is 3.28. The van der Waals surface area contributed by atoms with E-state index in [0.717, 1.165) is 6.42 Å². The SMILES string of the molecule is COCCCNc1nc(C(=O)O)ccc1C#N. The van der Waals surface area contributed by atoms with Crippen LogP contribution in [0.1, 0.15) is 22.5 Å². The van der Waals surface area contributed by atoms with Crippen molar-refractivity contribution in [2.45, 2.75) is 6.42 Å². The summed E-state index contributed by atoms with van der Waals surface area (Å²) >= 11 is 0. The van der Waals surface area contributed by atoms with Crippen molar-refractivity contribution in [1.82, 2.24) is 4.98 Å². The number of aromatic nitrogens is 1. The number of carboxylic acid groups (broad SMARTS) is 1. The molecule has 1 rings (SSSR count). The number of ether oxygens (including phenoxy) is 1. The Balaban J connectivity index is 2.77. The molecule has 0 atom stereocenters. The molecule has 0 aliphatic carbocycles. The Labute approximate surface area is 98.9 Å². The van der Waals surface area contributed by atoms with Gasteiger partial charge in [0.1, 0.15) is 11.9 Å². The van der Waals surface area contributed by atoms with Gasteiger partial charge in [0.25, 0.3) is 0 Å². The largest absolute Gasteiger partial charge is 0.477 e. The molecule has 0 bridgehead atoms. The third kappa shape index (κ3) is 3.74. The van der Waals surface area contributed by atoms with Gasteiger partial charge in [-0.25, -0.2) is 9.78 Å². The van der Waals surface area contributed by atoms with Gasteiger partial charge in [0, 0.05) is 20.3 Å². The van der Waals surface area contributed by atoms with Crippen LogP contribution in [0.15, 0.2) is 12.1 Å². The van der Waals surface area contributed by atoms with E-state index in [2.05, 4.69) is 10.3 Å². The lowest BCUT2D eigenvalue weighted by Crippen LogP contribution is -2.10. The second-order valence-electron chi connectivity index (χ2n) is 3.28. The summed E-state index contributed by atoms with van der Waals surface area (Å²) in [5, 5.41) is 20.6. The van der Waals surface area contributed by atoms with Crippen LogP contribution >= 0.6 is 0 Å². The Bertz CT molecular complexity index is 440. The van der Waals surface area contributed by atoms with Gasteiger partial charge in [-0.15, -0.1) is 0 Å². The smallest absolute Gasteiger partial charge is 0.354 e. The predicted molar refractivity (Wildman–Crippen MR) is 60.9 cm³/mol. The fourth-order valence-electron chi connectivity index (χ4n) is 1.23. The highest BCUT2D eigenvalue weighted by atomic mass is 16.5. The van der Waals surface area contributed by atoms with Crippen LogP contribution in [0.4, 0.5) is 5.82 Å². The van der Waals surface area contributed by atoms with Crippen molar-refractivity contribution in [3.05, 3.63) is 23.4 Å². The maximum Gasteiger partial charge on any atom is 0.354 e. The molecule has 0 aliphatic heterocycles. The van der Waals surface area contributed by atoms with E-state index in [1.54, 1.807) is 7.11 Å². The average Bonchev–Trinajstić information content (AvgIpc) is 2.34. The van der Waals surface area contributed by atoms with Gasteiger partial charge in [-0.2, -0.15) is 5.26 Å². The fraction of sp³-hybridized carbons (Fsp3) is 0.364. The zero-order valence-electron chi connectivity index (χ0n) is 9.43. The summed E-state index contributed by atoms with van der Waals surface area (Å²) in [6, 6.07) is 4.70. The summed E-state index contributed by atoms with van der Waals surface area (Å²) < 4.78 is 4.88. The molecule has 0 saturated heterocycles. The van der Waals surface area contributed by atoms with Crippen LogP contribution in [-0.4, -0.2) is 36.3 Å². The van der Waals surface area contributed by atoms with Crippen molar-refractivity contribution >= 4 is 11.8 Å². The second kappa shape index (κ2) is 6.45. The Morgan fingerprint density at radius 3 is 3.00 bits per heavy atom. The molecule has 0 aliphatic rings. The summed E-state index contributed by atoms with van der Waals surface area (Å²) in [4.78, 5) is 14.6. The first-order chi connectivity index (χ1) is 8.19. The highest BCUT2D eigenvalue weighted by Crippen LogP contribution is 2.12. The maximum absolute atomic E-state index is 10.7. The van der Waals surface area contributed by atoms with Gasteiger partial charge in [-0.3, -0.25) is 0 Å². The van der Waals surface area contributed by atoms with Crippen LogP contribution in [0.25, 0.3) is 0 Å². The highest BCUT2D eigenvalue weighted by molar-refractivity contribution is 5.86.